The zero-order valence-electron chi connectivity index (χ0n) is 19.2. The summed E-state index contributed by atoms with van der Waals surface area (Å²) in [5, 5.41) is 22.9. The van der Waals surface area contributed by atoms with Crippen molar-refractivity contribution in [2.75, 3.05) is 31.2 Å². The maximum absolute atomic E-state index is 9.43. The van der Waals surface area contributed by atoms with Gasteiger partial charge in [0, 0.05) is 0 Å². The zero-order chi connectivity index (χ0) is 23.9. The Morgan fingerprint density at radius 3 is 1.29 bits per heavy atom. The fourth-order valence-electron chi connectivity index (χ4n) is 4.70. The van der Waals surface area contributed by atoms with Crippen LogP contribution in [0.2, 0.25) is 0 Å². The van der Waals surface area contributed by atoms with Crippen LogP contribution in [0.4, 0.5) is 5.69 Å². The summed E-state index contributed by atoms with van der Waals surface area (Å²) < 4.78 is -2.88. The Hall–Kier alpha value is -2.24. The molecule has 5 heteroatoms. The standard InChI is InChI=1S/C29H31INO2P/c30-34(27-10-4-1-5-11-27,28-12-6-2-7-13-28,29-14-8-3-9-15-29)24-25-16-18-26(19-17-25)31(20-22-32)21-23-33/h1-19,32-33H,20-24H2. The first-order chi connectivity index (χ1) is 16.6. The Labute approximate surface area is 215 Å². The molecule has 0 aliphatic heterocycles. The van der Waals surface area contributed by atoms with E-state index in [9.17, 15) is 10.2 Å². The van der Waals surface area contributed by atoms with Crippen molar-refractivity contribution < 1.29 is 10.2 Å². The van der Waals surface area contributed by atoms with Gasteiger partial charge in [-0.05, 0) is 0 Å². The third-order valence-corrected chi connectivity index (χ3v) is 17.5. The van der Waals surface area contributed by atoms with Crippen molar-refractivity contribution in [2.24, 2.45) is 0 Å². The number of hydrogen-bond acceptors (Lipinski definition) is 3. The molecule has 4 rings (SSSR count). The summed E-state index contributed by atoms with van der Waals surface area (Å²) >= 11 is 2.81. The van der Waals surface area contributed by atoms with E-state index < -0.39 is 4.25 Å². The quantitative estimate of drug-likeness (QED) is 0.207. The predicted octanol–water partition coefficient (Wildman–Crippen LogP) is 4.86. The van der Waals surface area contributed by atoms with Gasteiger partial charge in [0.1, 0.15) is 0 Å². The molecule has 0 unspecified atom stereocenters. The van der Waals surface area contributed by atoms with E-state index >= 15 is 0 Å². The average molecular weight is 583 g/mol. The van der Waals surface area contributed by atoms with Crippen molar-refractivity contribution in [3.8, 4) is 0 Å². The van der Waals surface area contributed by atoms with E-state index in [1.807, 2.05) is 4.90 Å². The van der Waals surface area contributed by atoms with Gasteiger partial charge in [-0.2, -0.15) is 0 Å². The second kappa shape index (κ2) is 11.0. The molecule has 0 aromatic heterocycles. The molecule has 0 heterocycles. The Bertz CT molecular complexity index is 1070. The summed E-state index contributed by atoms with van der Waals surface area (Å²) in [5.41, 5.74) is 2.28. The molecule has 4 aromatic carbocycles. The molecule has 34 heavy (non-hydrogen) atoms. The Kier molecular flexibility index (Phi) is 8.05. The number of halogens is 1. The normalized spacial score (nSPS) is 12.6. The molecule has 4 aromatic rings. The van der Waals surface area contributed by atoms with Crippen molar-refractivity contribution in [1.82, 2.24) is 0 Å². The van der Waals surface area contributed by atoms with Gasteiger partial charge in [-0.3, -0.25) is 0 Å². The summed E-state index contributed by atoms with van der Waals surface area (Å²) in [6.07, 6.45) is 0.893. The van der Waals surface area contributed by atoms with Gasteiger partial charge >= 0.3 is 216 Å². The van der Waals surface area contributed by atoms with Gasteiger partial charge in [0.2, 0.25) is 0 Å². The number of nitrogens with zero attached hydrogens (tertiary/aromatic N) is 1. The van der Waals surface area contributed by atoms with Crippen LogP contribution < -0.4 is 20.8 Å². The number of aliphatic hydroxyl groups is 2. The fourth-order valence-corrected chi connectivity index (χ4v) is 13.5. The monoisotopic (exact) mass is 583 g/mol. The summed E-state index contributed by atoms with van der Waals surface area (Å²) in [5.74, 6) is 0. The van der Waals surface area contributed by atoms with E-state index in [-0.39, 0.29) is 13.2 Å². The van der Waals surface area contributed by atoms with E-state index in [1.165, 1.54) is 21.5 Å². The van der Waals surface area contributed by atoms with Crippen LogP contribution in [0.15, 0.2) is 115 Å². The van der Waals surface area contributed by atoms with Crippen LogP contribution in [0, 0.1) is 0 Å². The van der Waals surface area contributed by atoms with E-state index in [1.54, 1.807) is 0 Å². The second-order valence-electron chi connectivity index (χ2n) is 8.45. The van der Waals surface area contributed by atoms with Crippen molar-refractivity contribution in [1.29, 1.82) is 0 Å². The molecule has 0 aliphatic carbocycles. The molecular formula is C29H31INO2P. The molecule has 0 amide bonds. The van der Waals surface area contributed by atoms with Crippen LogP contribution in [-0.2, 0) is 6.16 Å². The summed E-state index contributed by atoms with van der Waals surface area (Å²) in [7, 11) is 0. The van der Waals surface area contributed by atoms with Gasteiger partial charge < -0.3 is 0 Å². The Balaban J connectivity index is 1.88. The molecule has 0 spiro atoms. The molecule has 176 valence electrons. The molecule has 0 fully saturated rings. The zero-order valence-corrected chi connectivity index (χ0v) is 22.2. The van der Waals surface area contributed by atoms with Gasteiger partial charge in [0.15, 0.2) is 0 Å². The Morgan fingerprint density at radius 1 is 0.559 bits per heavy atom. The van der Waals surface area contributed by atoms with E-state index in [0.29, 0.717) is 13.1 Å². The van der Waals surface area contributed by atoms with E-state index in [4.69, 9.17) is 0 Å². The van der Waals surface area contributed by atoms with E-state index in [0.717, 1.165) is 11.8 Å². The van der Waals surface area contributed by atoms with Gasteiger partial charge in [0.25, 0.3) is 0 Å². The first-order valence-electron chi connectivity index (χ1n) is 11.6. The Morgan fingerprint density at radius 2 is 0.941 bits per heavy atom. The molecular weight excluding hydrogens is 552 g/mol. The first kappa shape index (κ1) is 24.9. The third kappa shape index (κ3) is 4.78. The SMILES string of the molecule is OCCN(CCO)c1ccc(CP(I)(c2ccccc2)(c2ccccc2)c2ccccc2)cc1. The van der Waals surface area contributed by atoms with Crippen molar-refractivity contribution in [3.63, 3.8) is 0 Å². The van der Waals surface area contributed by atoms with Crippen LogP contribution in [-0.4, -0.2) is 36.5 Å². The van der Waals surface area contributed by atoms with Crippen LogP contribution in [0.5, 0.6) is 0 Å². The molecule has 3 nitrogen and oxygen atoms in total. The van der Waals surface area contributed by atoms with Crippen LogP contribution >= 0.6 is 26.3 Å². The molecule has 0 atom stereocenters. The molecule has 0 saturated heterocycles. The number of anilines is 1. The van der Waals surface area contributed by atoms with Crippen LogP contribution in [0.3, 0.4) is 0 Å². The van der Waals surface area contributed by atoms with Crippen molar-refractivity contribution in [2.45, 2.75) is 6.16 Å². The molecule has 2 N–H and O–H groups in total. The molecule has 0 radical (unpaired) electrons. The summed E-state index contributed by atoms with van der Waals surface area (Å²) in [6.45, 7) is 1.12. The molecule has 0 saturated carbocycles. The molecule has 0 bridgehead atoms. The minimum atomic E-state index is -2.88. The van der Waals surface area contributed by atoms with Crippen molar-refractivity contribution >= 4 is 47.9 Å². The topological polar surface area (TPSA) is 43.7 Å². The third-order valence-electron chi connectivity index (χ3n) is 6.40. The number of hydrogen-bond donors (Lipinski definition) is 2. The summed E-state index contributed by atoms with van der Waals surface area (Å²) in [4.78, 5) is 2.01. The van der Waals surface area contributed by atoms with Crippen molar-refractivity contribution in [3.05, 3.63) is 121 Å². The van der Waals surface area contributed by atoms with Gasteiger partial charge in [-0.25, -0.2) is 0 Å². The average Bonchev–Trinajstić information content (AvgIpc) is 2.91. The first-order valence-corrected chi connectivity index (χ1v) is 16.8. The number of rotatable bonds is 10. The minimum absolute atomic E-state index is 0.0577. The maximum atomic E-state index is 9.43. The number of aliphatic hydroxyl groups excluding tert-OH is 2. The van der Waals surface area contributed by atoms with E-state index in [2.05, 4.69) is 137 Å². The van der Waals surface area contributed by atoms with Crippen LogP contribution in [0.1, 0.15) is 5.56 Å². The fraction of sp³-hybridized carbons (Fsp3) is 0.172. The van der Waals surface area contributed by atoms with Gasteiger partial charge in [-0.1, -0.05) is 0 Å². The number of benzene rings is 4. The van der Waals surface area contributed by atoms with Gasteiger partial charge in [0.05, 0.1) is 0 Å². The predicted molar refractivity (Wildman–Crippen MR) is 156 cm³/mol. The van der Waals surface area contributed by atoms with Gasteiger partial charge in [-0.15, -0.1) is 0 Å². The second-order valence-corrected chi connectivity index (χ2v) is 19.1. The van der Waals surface area contributed by atoms with Crippen LogP contribution in [0.25, 0.3) is 0 Å². The molecule has 0 aliphatic rings. The summed E-state index contributed by atoms with van der Waals surface area (Å²) in [6, 6.07) is 41.4.